The van der Waals surface area contributed by atoms with Crippen LogP contribution in [0.4, 0.5) is 0 Å². The van der Waals surface area contributed by atoms with E-state index in [1.165, 1.54) is 11.1 Å². The second-order valence-corrected chi connectivity index (χ2v) is 5.31. The van der Waals surface area contributed by atoms with Crippen LogP contribution < -0.4 is 16.2 Å². The van der Waals surface area contributed by atoms with Gasteiger partial charge in [-0.3, -0.25) is 0 Å². The Labute approximate surface area is 117 Å². The van der Waals surface area contributed by atoms with E-state index in [0.29, 0.717) is 30.8 Å². The van der Waals surface area contributed by atoms with Crippen LogP contribution in [-0.4, -0.2) is 20.2 Å². The van der Waals surface area contributed by atoms with Crippen LogP contribution in [0.2, 0.25) is 0 Å². The molecule has 2 unspecified atom stereocenters. The zero-order valence-electron chi connectivity index (χ0n) is 12.6. The van der Waals surface area contributed by atoms with Gasteiger partial charge in [0, 0.05) is 0 Å². The van der Waals surface area contributed by atoms with Crippen molar-refractivity contribution in [2.75, 3.05) is 20.2 Å². The normalized spacial score (nSPS) is 14.5. The van der Waals surface area contributed by atoms with Gasteiger partial charge in [-0.2, -0.15) is 0 Å². The van der Waals surface area contributed by atoms with Crippen LogP contribution in [0.5, 0.6) is 5.75 Å². The van der Waals surface area contributed by atoms with Crippen LogP contribution in [0.3, 0.4) is 0 Å². The van der Waals surface area contributed by atoms with Crippen molar-refractivity contribution in [1.82, 2.24) is 0 Å². The summed E-state index contributed by atoms with van der Waals surface area (Å²) in [5, 5.41) is 0. The van der Waals surface area contributed by atoms with Gasteiger partial charge in [0.25, 0.3) is 0 Å². The molecule has 1 aromatic carbocycles. The van der Waals surface area contributed by atoms with E-state index in [9.17, 15) is 0 Å². The molecular weight excluding hydrogens is 236 g/mol. The Morgan fingerprint density at radius 3 is 2.26 bits per heavy atom. The average molecular weight is 264 g/mol. The highest BCUT2D eigenvalue weighted by Gasteiger charge is 2.24. The Bertz CT molecular complexity index is 388. The van der Waals surface area contributed by atoms with E-state index in [2.05, 4.69) is 39.0 Å². The quantitative estimate of drug-likeness (QED) is 0.795. The van der Waals surface area contributed by atoms with Crippen LogP contribution in [0.25, 0.3) is 0 Å². The molecule has 3 heteroatoms. The van der Waals surface area contributed by atoms with Crippen LogP contribution in [0.15, 0.2) is 18.2 Å². The summed E-state index contributed by atoms with van der Waals surface area (Å²) in [5.74, 6) is 2.14. The summed E-state index contributed by atoms with van der Waals surface area (Å²) in [7, 11) is 1.73. The summed E-state index contributed by atoms with van der Waals surface area (Å²) >= 11 is 0. The molecule has 0 amide bonds. The SMILES string of the molecule is CCc1ccc(OC)c(C(C)C(C)C(CN)CN)c1. The molecule has 0 saturated heterocycles. The van der Waals surface area contributed by atoms with Crippen LogP contribution in [0, 0.1) is 11.8 Å². The third-order valence-corrected chi connectivity index (χ3v) is 4.33. The van der Waals surface area contributed by atoms with E-state index in [4.69, 9.17) is 16.2 Å². The fraction of sp³-hybridized carbons (Fsp3) is 0.625. The first-order valence-electron chi connectivity index (χ1n) is 7.15. The van der Waals surface area contributed by atoms with Crippen molar-refractivity contribution in [3.63, 3.8) is 0 Å². The van der Waals surface area contributed by atoms with Crippen molar-refractivity contribution in [3.05, 3.63) is 29.3 Å². The number of rotatable bonds is 7. The second-order valence-electron chi connectivity index (χ2n) is 5.31. The van der Waals surface area contributed by atoms with Gasteiger partial charge in [-0.15, -0.1) is 0 Å². The minimum Gasteiger partial charge on any atom is -0.496 e. The molecule has 3 nitrogen and oxygen atoms in total. The molecular formula is C16H28N2O. The molecule has 0 saturated carbocycles. The number of hydrogen-bond donors (Lipinski definition) is 2. The summed E-state index contributed by atoms with van der Waals surface area (Å²) in [5.41, 5.74) is 14.2. The lowest BCUT2D eigenvalue weighted by atomic mass is 9.79. The van der Waals surface area contributed by atoms with Gasteiger partial charge in [0.05, 0.1) is 7.11 Å². The number of aryl methyl sites for hydroxylation is 1. The molecule has 0 radical (unpaired) electrons. The summed E-state index contributed by atoms with van der Waals surface area (Å²) in [4.78, 5) is 0. The van der Waals surface area contributed by atoms with E-state index in [1.54, 1.807) is 7.11 Å². The standard InChI is InChI=1S/C16H28N2O/c1-5-13-6-7-16(19-4)15(8-13)12(3)11(2)14(9-17)10-18/h6-8,11-12,14H,5,9-10,17-18H2,1-4H3. The average Bonchev–Trinajstić information content (AvgIpc) is 2.46. The Morgan fingerprint density at radius 1 is 1.16 bits per heavy atom. The van der Waals surface area contributed by atoms with Gasteiger partial charge >= 0.3 is 0 Å². The van der Waals surface area contributed by atoms with E-state index in [0.717, 1.165) is 12.2 Å². The van der Waals surface area contributed by atoms with E-state index < -0.39 is 0 Å². The predicted molar refractivity (Wildman–Crippen MR) is 81.5 cm³/mol. The topological polar surface area (TPSA) is 61.3 Å². The third-order valence-electron chi connectivity index (χ3n) is 4.33. The maximum Gasteiger partial charge on any atom is 0.122 e. The number of ether oxygens (including phenoxy) is 1. The van der Waals surface area contributed by atoms with E-state index >= 15 is 0 Å². The largest absolute Gasteiger partial charge is 0.496 e. The van der Waals surface area contributed by atoms with E-state index in [1.807, 2.05) is 0 Å². The molecule has 0 aromatic heterocycles. The second kappa shape index (κ2) is 7.51. The first-order chi connectivity index (χ1) is 9.08. The zero-order chi connectivity index (χ0) is 14.4. The smallest absolute Gasteiger partial charge is 0.122 e. The Hall–Kier alpha value is -1.06. The van der Waals surface area contributed by atoms with Crippen LogP contribution in [-0.2, 0) is 6.42 Å². The van der Waals surface area contributed by atoms with Gasteiger partial charge in [-0.25, -0.2) is 0 Å². The fourth-order valence-electron chi connectivity index (χ4n) is 2.58. The monoisotopic (exact) mass is 264 g/mol. The molecule has 0 aliphatic rings. The summed E-state index contributed by atoms with van der Waals surface area (Å²) in [6.45, 7) is 7.91. The summed E-state index contributed by atoms with van der Waals surface area (Å²) in [6, 6.07) is 6.45. The maximum absolute atomic E-state index is 5.82. The molecule has 0 heterocycles. The molecule has 108 valence electrons. The minimum atomic E-state index is 0.352. The van der Waals surface area contributed by atoms with Gasteiger partial charge < -0.3 is 16.2 Å². The molecule has 0 bridgehead atoms. The van der Waals surface area contributed by atoms with E-state index in [-0.39, 0.29) is 0 Å². The summed E-state index contributed by atoms with van der Waals surface area (Å²) in [6.07, 6.45) is 1.04. The number of benzene rings is 1. The molecule has 1 rings (SSSR count). The highest BCUT2D eigenvalue weighted by atomic mass is 16.5. The van der Waals surface area contributed by atoms with Crippen molar-refractivity contribution in [3.8, 4) is 5.75 Å². The molecule has 0 aliphatic carbocycles. The highest BCUT2D eigenvalue weighted by molar-refractivity contribution is 5.40. The maximum atomic E-state index is 5.82. The first kappa shape index (κ1) is 16.0. The molecule has 0 aliphatic heterocycles. The molecule has 4 N–H and O–H groups in total. The van der Waals surface area contributed by atoms with Gasteiger partial charge in [0.15, 0.2) is 0 Å². The molecule has 1 aromatic rings. The molecule has 0 fully saturated rings. The molecule has 0 spiro atoms. The Morgan fingerprint density at radius 2 is 1.79 bits per heavy atom. The highest BCUT2D eigenvalue weighted by Crippen LogP contribution is 2.35. The fourth-order valence-corrected chi connectivity index (χ4v) is 2.58. The Kier molecular flexibility index (Phi) is 6.32. The van der Waals surface area contributed by atoms with Gasteiger partial charge in [0.2, 0.25) is 0 Å². The lowest BCUT2D eigenvalue weighted by Gasteiger charge is -2.28. The predicted octanol–water partition coefficient (Wildman–Crippen LogP) is 2.53. The molecule has 2 atom stereocenters. The van der Waals surface area contributed by atoms with Crippen molar-refractivity contribution < 1.29 is 4.74 Å². The zero-order valence-corrected chi connectivity index (χ0v) is 12.6. The Balaban J connectivity index is 3.05. The van der Waals surface area contributed by atoms with Gasteiger partial charge in [-0.05, 0) is 54.5 Å². The minimum absolute atomic E-state index is 0.352. The van der Waals surface area contributed by atoms with Crippen molar-refractivity contribution in [1.29, 1.82) is 0 Å². The lowest BCUT2D eigenvalue weighted by molar-refractivity contribution is 0.319. The first-order valence-corrected chi connectivity index (χ1v) is 7.15. The number of methoxy groups -OCH3 is 1. The van der Waals surface area contributed by atoms with Gasteiger partial charge in [0.1, 0.15) is 5.75 Å². The van der Waals surface area contributed by atoms with Crippen molar-refractivity contribution in [2.45, 2.75) is 33.1 Å². The molecule has 19 heavy (non-hydrogen) atoms. The third kappa shape index (κ3) is 3.71. The van der Waals surface area contributed by atoms with Gasteiger partial charge in [-0.1, -0.05) is 32.9 Å². The summed E-state index contributed by atoms with van der Waals surface area (Å²) < 4.78 is 5.50. The van der Waals surface area contributed by atoms with Crippen molar-refractivity contribution in [2.24, 2.45) is 23.3 Å². The van der Waals surface area contributed by atoms with Crippen molar-refractivity contribution >= 4 is 0 Å². The number of hydrogen-bond acceptors (Lipinski definition) is 3. The number of nitrogens with two attached hydrogens (primary N) is 2. The van der Waals surface area contributed by atoms with Crippen LogP contribution >= 0.6 is 0 Å². The lowest BCUT2D eigenvalue weighted by Crippen LogP contribution is -2.31. The van der Waals surface area contributed by atoms with Crippen LogP contribution in [0.1, 0.15) is 37.8 Å².